The zero-order valence-corrected chi connectivity index (χ0v) is 23.0. The summed E-state index contributed by atoms with van der Waals surface area (Å²) >= 11 is 6.34. The minimum Gasteiger partial charge on any atom is -0.357 e. The van der Waals surface area contributed by atoms with Crippen LogP contribution in [-0.4, -0.2) is 44.8 Å². The topological polar surface area (TPSA) is 86.8 Å². The molecule has 0 aliphatic heterocycles. The van der Waals surface area contributed by atoms with E-state index in [4.69, 9.17) is 11.6 Å². The fourth-order valence-corrected chi connectivity index (χ4v) is 5.51. The summed E-state index contributed by atoms with van der Waals surface area (Å²) in [4.78, 5) is 27.7. The van der Waals surface area contributed by atoms with Crippen LogP contribution in [0.3, 0.4) is 0 Å². The van der Waals surface area contributed by atoms with Crippen molar-refractivity contribution in [2.45, 2.75) is 44.2 Å². The van der Waals surface area contributed by atoms with E-state index in [0.29, 0.717) is 16.3 Å². The van der Waals surface area contributed by atoms with Crippen LogP contribution in [-0.2, 0) is 26.2 Å². The summed E-state index contributed by atoms with van der Waals surface area (Å²) in [5.74, 6) is -0.656. The van der Waals surface area contributed by atoms with Crippen LogP contribution in [0.25, 0.3) is 0 Å². The highest BCUT2D eigenvalue weighted by atomic mass is 35.5. The highest BCUT2D eigenvalue weighted by Gasteiger charge is 2.32. The minimum absolute atomic E-state index is 0.0403. The maximum atomic E-state index is 13.8. The quantitative estimate of drug-likeness (QED) is 0.398. The van der Waals surface area contributed by atoms with Gasteiger partial charge in [0.2, 0.25) is 11.8 Å². The van der Waals surface area contributed by atoms with E-state index in [1.54, 1.807) is 61.5 Å². The molecule has 3 rings (SSSR count). The highest BCUT2D eigenvalue weighted by Crippen LogP contribution is 2.27. The molecule has 1 N–H and O–H groups in total. The van der Waals surface area contributed by atoms with Gasteiger partial charge in [-0.25, -0.2) is 8.42 Å². The van der Waals surface area contributed by atoms with Crippen LogP contribution < -0.4 is 9.62 Å². The number of nitrogens with one attached hydrogen (secondary N) is 1. The van der Waals surface area contributed by atoms with Gasteiger partial charge in [-0.1, -0.05) is 74.0 Å². The molecule has 0 bridgehead atoms. The summed E-state index contributed by atoms with van der Waals surface area (Å²) in [6.45, 7) is 5.23. The number of amides is 2. The Balaban J connectivity index is 2.04. The number of hydrogen-bond donors (Lipinski definition) is 1. The van der Waals surface area contributed by atoms with Gasteiger partial charge in [-0.2, -0.15) is 0 Å². The molecule has 0 fully saturated rings. The first-order valence-corrected chi connectivity index (χ1v) is 13.8. The van der Waals surface area contributed by atoms with E-state index in [-0.39, 0.29) is 23.3 Å². The molecule has 37 heavy (non-hydrogen) atoms. The lowest BCUT2D eigenvalue weighted by Gasteiger charge is -2.32. The lowest BCUT2D eigenvalue weighted by Crippen LogP contribution is -2.50. The number of hydrogen-bond acceptors (Lipinski definition) is 4. The van der Waals surface area contributed by atoms with Crippen molar-refractivity contribution >= 4 is 39.1 Å². The summed E-state index contributed by atoms with van der Waals surface area (Å²) < 4.78 is 28.6. The number of rotatable bonds is 10. The standard InChI is InChI=1S/C28H32ClN3O4S/c1-20(2)22-14-16-24(17-15-22)32(37(35,36)25-11-6-5-7-12-25)19-27(33)31(21(3)28(34)30-4)18-23-10-8-9-13-26(23)29/h5-17,20-21H,18-19H2,1-4H3,(H,30,34). The first-order chi connectivity index (χ1) is 17.6. The predicted octanol–water partition coefficient (Wildman–Crippen LogP) is 4.82. The van der Waals surface area contributed by atoms with Crippen LogP contribution >= 0.6 is 11.6 Å². The van der Waals surface area contributed by atoms with Crippen LogP contribution in [0, 0.1) is 0 Å². The Hall–Kier alpha value is -3.36. The molecule has 0 aliphatic rings. The van der Waals surface area contributed by atoms with E-state index >= 15 is 0 Å². The summed E-state index contributed by atoms with van der Waals surface area (Å²) in [6, 6.07) is 21.2. The van der Waals surface area contributed by atoms with Gasteiger partial charge >= 0.3 is 0 Å². The first kappa shape index (κ1) is 28.2. The van der Waals surface area contributed by atoms with Gasteiger partial charge in [0.05, 0.1) is 10.6 Å². The lowest BCUT2D eigenvalue weighted by atomic mass is 10.0. The fraction of sp³-hybridized carbons (Fsp3) is 0.286. The van der Waals surface area contributed by atoms with Crippen molar-refractivity contribution in [1.82, 2.24) is 10.2 Å². The Kier molecular flexibility index (Phi) is 9.34. The smallest absolute Gasteiger partial charge is 0.264 e. The SMILES string of the molecule is CNC(=O)C(C)N(Cc1ccccc1Cl)C(=O)CN(c1ccc(C(C)C)cc1)S(=O)(=O)c1ccccc1. The van der Waals surface area contributed by atoms with Gasteiger partial charge < -0.3 is 10.2 Å². The van der Waals surface area contributed by atoms with E-state index in [1.807, 2.05) is 26.0 Å². The van der Waals surface area contributed by atoms with E-state index in [0.717, 1.165) is 9.87 Å². The minimum atomic E-state index is -4.09. The van der Waals surface area contributed by atoms with Crippen molar-refractivity contribution in [3.63, 3.8) is 0 Å². The maximum absolute atomic E-state index is 13.8. The molecule has 3 aromatic carbocycles. The molecule has 9 heteroatoms. The second-order valence-electron chi connectivity index (χ2n) is 8.97. The van der Waals surface area contributed by atoms with Crippen molar-refractivity contribution in [2.75, 3.05) is 17.9 Å². The van der Waals surface area contributed by atoms with Gasteiger partial charge in [-0.15, -0.1) is 0 Å². The average molecular weight is 542 g/mol. The number of halogens is 1. The van der Waals surface area contributed by atoms with Gasteiger partial charge in [-0.05, 0) is 54.3 Å². The highest BCUT2D eigenvalue weighted by molar-refractivity contribution is 7.92. The molecule has 0 heterocycles. The number of nitrogens with zero attached hydrogens (tertiary/aromatic N) is 2. The summed E-state index contributed by atoms with van der Waals surface area (Å²) in [5.41, 5.74) is 2.04. The van der Waals surface area contributed by atoms with E-state index < -0.39 is 28.5 Å². The molecule has 3 aromatic rings. The number of likely N-dealkylation sites (N-methyl/N-ethyl adjacent to an activating group) is 1. The molecule has 0 radical (unpaired) electrons. The molecule has 1 atom stereocenters. The molecule has 0 aromatic heterocycles. The van der Waals surface area contributed by atoms with Gasteiger partial charge in [0.1, 0.15) is 12.6 Å². The molecule has 0 saturated heterocycles. The van der Waals surface area contributed by atoms with E-state index in [1.165, 1.54) is 24.1 Å². The monoisotopic (exact) mass is 541 g/mol. The molecule has 2 amide bonds. The Morgan fingerprint density at radius 3 is 2.05 bits per heavy atom. The van der Waals surface area contributed by atoms with E-state index in [2.05, 4.69) is 5.32 Å². The van der Waals surface area contributed by atoms with Crippen LogP contribution in [0.4, 0.5) is 5.69 Å². The third-order valence-corrected chi connectivity index (χ3v) is 8.33. The van der Waals surface area contributed by atoms with Crippen LogP contribution in [0.1, 0.15) is 37.8 Å². The third-order valence-electron chi connectivity index (χ3n) is 6.17. The van der Waals surface area contributed by atoms with Crippen molar-refractivity contribution in [3.05, 3.63) is 95.0 Å². The average Bonchev–Trinajstić information content (AvgIpc) is 2.90. The van der Waals surface area contributed by atoms with Crippen molar-refractivity contribution in [3.8, 4) is 0 Å². The van der Waals surface area contributed by atoms with Crippen molar-refractivity contribution < 1.29 is 18.0 Å². The van der Waals surface area contributed by atoms with Crippen molar-refractivity contribution in [2.24, 2.45) is 0 Å². The fourth-order valence-electron chi connectivity index (χ4n) is 3.88. The first-order valence-electron chi connectivity index (χ1n) is 12.0. The summed E-state index contributed by atoms with van der Waals surface area (Å²) in [6.07, 6.45) is 0. The second kappa shape index (κ2) is 12.3. The number of carbonyl (C=O) groups excluding carboxylic acids is 2. The maximum Gasteiger partial charge on any atom is 0.264 e. The van der Waals surface area contributed by atoms with Gasteiger partial charge in [0.25, 0.3) is 10.0 Å². The van der Waals surface area contributed by atoms with Crippen molar-refractivity contribution in [1.29, 1.82) is 0 Å². The normalized spacial score (nSPS) is 12.2. The third kappa shape index (κ3) is 6.70. The second-order valence-corrected chi connectivity index (χ2v) is 11.2. The zero-order valence-electron chi connectivity index (χ0n) is 21.4. The number of benzene rings is 3. The Bertz CT molecular complexity index is 1330. The lowest BCUT2D eigenvalue weighted by molar-refractivity contribution is -0.139. The Morgan fingerprint density at radius 1 is 0.892 bits per heavy atom. The summed E-state index contributed by atoms with van der Waals surface area (Å²) in [7, 11) is -2.60. The van der Waals surface area contributed by atoms with Crippen LogP contribution in [0.2, 0.25) is 5.02 Å². The van der Waals surface area contributed by atoms with Crippen LogP contribution in [0.15, 0.2) is 83.8 Å². The Labute approximate surface area is 224 Å². The zero-order chi connectivity index (χ0) is 27.2. The van der Waals surface area contributed by atoms with Gasteiger partial charge in [-0.3, -0.25) is 13.9 Å². The Morgan fingerprint density at radius 2 is 1.49 bits per heavy atom. The van der Waals surface area contributed by atoms with Gasteiger partial charge in [0, 0.05) is 18.6 Å². The molecule has 0 spiro atoms. The van der Waals surface area contributed by atoms with Gasteiger partial charge in [0.15, 0.2) is 0 Å². The molecular weight excluding hydrogens is 510 g/mol. The number of anilines is 1. The molecule has 0 aliphatic carbocycles. The molecule has 1 unspecified atom stereocenters. The molecule has 7 nitrogen and oxygen atoms in total. The van der Waals surface area contributed by atoms with Crippen LogP contribution in [0.5, 0.6) is 0 Å². The molecule has 196 valence electrons. The summed E-state index contributed by atoms with van der Waals surface area (Å²) in [5, 5.41) is 3.01. The largest absolute Gasteiger partial charge is 0.357 e. The van der Waals surface area contributed by atoms with E-state index in [9.17, 15) is 18.0 Å². The number of sulfonamides is 1. The molecular formula is C28H32ClN3O4S. The predicted molar refractivity (Wildman–Crippen MR) is 147 cm³/mol. The molecule has 0 saturated carbocycles. The number of carbonyl (C=O) groups is 2.